The highest BCUT2D eigenvalue weighted by Crippen LogP contribution is 2.42. The molecule has 1 aromatic rings. The number of aromatic nitrogens is 2. The first kappa shape index (κ1) is 15.2. The van der Waals surface area contributed by atoms with E-state index in [9.17, 15) is 0 Å². The highest BCUT2D eigenvalue weighted by molar-refractivity contribution is 5.25. The molecule has 112 valence electrons. The monoisotopic (exact) mass is 279 g/mol. The molecular weight excluding hydrogens is 254 g/mol. The fraction of sp³-hybridized carbons (Fsp3) is 0.733. The standard InChI is InChI=1S/C15H25N3O2/c1-4-16-13(12-14(19-2)18-11-10-17-12)15(20-3)8-6-5-7-9-15/h10-11,13,16H,4-9H2,1-3H3. The first-order valence-corrected chi connectivity index (χ1v) is 7.41. The minimum atomic E-state index is -0.211. The number of methoxy groups -OCH3 is 2. The van der Waals surface area contributed by atoms with E-state index >= 15 is 0 Å². The Morgan fingerprint density at radius 3 is 2.50 bits per heavy atom. The number of hydrogen-bond acceptors (Lipinski definition) is 5. The van der Waals surface area contributed by atoms with Crippen LogP contribution in [0, 0.1) is 0 Å². The lowest BCUT2D eigenvalue weighted by molar-refractivity contribution is -0.0699. The highest BCUT2D eigenvalue weighted by atomic mass is 16.5. The van der Waals surface area contributed by atoms with E-state index < -0.39 is 0 Å². The Morgan fingerprint density at radius 2 is 1.90 bits per heavy atom. The Hall–Kier alpha value is -1.20. The van der Waals surface area contributed by atoms with Crippen LogP contribution in [0.1, 0.15) is 50.8 Å². The van der Waals surface area contributed by atoms with Crippen molar-refractivity contribution in [2.24, 2.45) is 0 Å². The van der Waals surface area contributed by atoms with Gasteiger partial charge in [-0.1, -0.05) is 26.2 Å². The zero-order valence-electron chi connectivity index (χ0n) is 12.7. The van der Waals surface area contributed by atoms with E-state index in [-0.39, 0.29) is 11.6 Å². The molecule has 5 heteroatoms. The molecule has 1 unspecified atom stereocenters. The first-order chi connectivity index (χ1) is 9.77. The number of ether oxygens (including phenoxy) is 2. The molecule has 0 bridgehead atoms. The third-order valence-electron chi connectivity index (χ3n) is 4.20. The predicted molar refractivity (Wildman–Crippen MR) is 77.8 cm³/mol. The molecule has 5 nitrogen and oxygen atoms in total. The van der Waals surface area contributed by atoms with Gasteiger partial charge in [0.1, 0.15) is 5.69 Å². The number of rotatable bonds is 6. The molecule has 1 atom stereocenters. The van der Waals surface area contributed by atoms with E-state index in [0.29, 0.717) is 5.88 Å². The van der Waals surface area contributed by atoms with Crippen molar-refractivity contribution < 1.29 is 9.47 Å². The predicted octanol–water partition coefficient (Wildman–Crippen LogP) is 2.49. The Kier molecular flexibility index (Phi) is 5.31. The molecule has 1 aromatic heterocycles. The molecule has 1 aliphatic rings. The average molecular weight is 279 g/mol. The van der Waals surface area contributed by atoms with Crippen molar-refractivity contribution in [2.45, 2.75) is 50.7 Å². The molecule has 1 aliphatic carbocycles. The maximum absolute atomic E-state index is 5.96. The summed E-state index contributed by atoms with van der Waals surface area (Å²) < 4.78 is 11.3. The summed E-state index contributed by atoms with van der Waals surface area (Å²) in [4.78, 5) is 8.79. The molecule has 1 saturated carbocycles. The molecule has 0 radical (unpaired) electrons. The summed E-state index contributed by atoms with van der Waals surface area (Å²) >= 11 is 0. The lowest BCUT2D eigenvalue weighted by atomic mass is 9.78. The first-order valence-electron chi connectivity index (χ1n) is 7.41. The van der Waals surface area contributed by atoms with E-state index in [1.807, 2.05) is 0 Å². The molecule has 2 rings (SSSR count). The molecule has 0 spiro atoms. The third-order valence-corrected chi connectivity index (χ3v) is 4.20. The SMILES string of the molecule is CCNC(c1nccnc1OC)C1(OC)CCCCC1. The van der Waals surface area contributed by atoms with Gasteiger partial charge in [-0.25, -0.2) is 4.98 Å². The summed E-state index contributed by atoms with van der Waals surface area (Å²) in [6, 6.07) is 0.0152. The maximum Gasteiger partial charge on any atom is 0.237 e. The summed E-state index contributed by atoms with van der Waals surface area (Å²) in [6.07, 6.45) is 9.13. The molecule has 1 N–H and O–H groups in total. The van der Waals surface area contributed by atoms with Gasteiger partial charge in [0.2, 0.25) is 5.88 Å². The second-order valence-corrected chi connectivity index (χ2v) is 5.27. The molecule has 0 amide bonds. The van der Waals surface area contributed by atoms with Gasteiger partial charge in [-0.15, -0.1) is 0 Å². The van der Waals surface area contributed by atoms with Crippen LogP contribution in [0.4, 0.5) is 0 Å². The van der Waals surface area contributed by atoms with Crippen LogP contribution in [0.15, 0.2) is 12.4 Å². The van der Waals surface area contributed by atoms with Crippen molar-refractivity contribution in [3.8, 4) is 5.88 Å². The van der Waals surface area contributed by atoms with E-state index in [2.05, 4.69) is 22.2 Å². The van der Waals surface area contributed by atoms with E-state index in [1.165, 1.54) is 19.3 Å². The van der Waals surface area contributed by atoms with Crippen LogP contribution in [0.3, 0.4) is 0 Å². The Balaban J connectivity index is 2.38. The van der Waals surface area contributed by atoms with Gasteiger partial charge in [0.05, 0.1) is 18.8 Å². The lowest BCUT2D eigenvalue weighted by Gasteiger charge is -2.42. The molecule has 0 aromatic carbocycles. The number of nitrogens with one attached hydrogen (secondary N) is 1. The topological polar surface area (TPSA) is 56.3 Å². The minimum absolute atomic E-state index is 0.0152. The van der Waals surface area contributed by atoms with Gasteiger partial charge in [0.15, 0.2) is 0 Å². The zero-order valence-corrected chi connectivity index (χ0v) is 12.7. The van der Waals surface area contributed by atoms with Crippen LogP contribution in [0.25, 0.3) is 0 Å². The second kappa shape index (κ2) is 6.99. The van der Waals surface area contributed by atoms with Crippen LogP contribution < -0.4 is 10.1 Å². The second-order valence-electron chi connectivity index (χ2n) is 5.27. The largest absolute Gasteiger partial charge is 0.480 e. The van der Waals surface area contributed by atoms with Crippen molar-refractivity contribution in [1.82, 2.24) is 15.3 Å². The van der Waals surface area contributed by atoms with Gasteiger partial charge in [-0.3, -0.25) is 4.98 Å². The Labute approximate surface area is 121 Å². The van der Waals surface area contributed by atoms with Crippen LogP contribution in [0.5, 0.6) is 5.88 Å². The molecule has 20 heavy (non-hydrogen) atoms. The zero-order chi connectivity index (χ0) is 14.4. The molecule has 1 fully saturated rings. The lowest BCUT2D eigenvalue weighted by Crippen LogP contribution is -2.47. The number of nitrogens with zero attached hydrogens (tertiary/aromatic N) is 2. The van der Waals surface area contributed by atoms with Crippen molar-refractivity contribution in [3.05, 3.63) is 18.1 Å². The van der Waals surface area contributed by atoms with Gasteiger partial charge >= 0.3 is 0 Å². The van der Waals surface area contributed by atoms with Crippen LogP contribution in [-0.2, 0) is 4.74 Å². The van der Waals surface area contributed by atoms with Gasteiger partial charge in [0, 0.05) is 19.5 Å². The van der Waals surface area contributed by atoms with Crippen molar-refractivity contribution in [2.75, 3.05) is 20.8 Å². The van der Waals surface area contributed by atoms with Crippen LogP contribution in [-0.4, -0.2) is 36.3 Å². The fourth-order valence-corrected chi connectivity index (χ4v) is 3.19. The third kappa shape index (κ3) is 2.94. The Morgan fingerprint density at radius 1 is 1.20 bits per heavy atom. The van der Waals surface area contributed by atoms with E-state index in [4.69, 9.17) is 9.47 Å². The van der Waals surface area contributed by atoms with Crippen LogP contribution in [0.2, 0.25) is 0 Å². The Bertz CT molecular complexity index is 419. The molecule has 1 heterocycles. The normalized spacial score (nSPS) is 19.6. The maximum atomic E-state index is 5.96. The summed E-state index contributed by atoms with van der Waals surface area (Å²) in [5, 5.41) is 3.53. The number of likely N-dealkylation sites (N-methyl/N-ethyl adjacent to an activating group) is 1. The van der Waals surface area contributed by atoms with Crippen molar-refractivity contribution >= 4 is 0 Å². The van der Waals surface area contributed by atoms with Gasteiger partial charge in [-0.2, -0.15) is 0 Å². The quantitative estimate of drug-likeness (QED) is 0.867. The fourth-order valence-electron chi connectivity index (χ4n) is 3.19. The summed E-state index contributed by atoms with van der Waals surface area (Å²) in [6.45, 7) is 2.96. The van der Waals surface area contributed by atoms with Crippen molar-refractivity contribution in [3.63, 3.8) is 0 Å². The van der Waals surface area contributed by atoms with Gasteiger partial charge in [0.25, 0.3) is 0 Å². The molecule has 0 saturated heterocycles. The summed E-state index contributed by atoms with van der Waals surface area (Å²) in [7, 11) is 3.44. The van der Waals surface area contributed by atoms with E-state index in [1.54, 1.807) is 26.6 Å². The average Bonchev–Trinajstić information content (AvgIpc) is 2.53. The minimum Gasteiger partial charge on any atom is -0.480 e. The van der Waals surface area contributed by atoms with Gasteiger partial charge in [-0.05, 0) is 19.4 Å². The summed E-state index contributed by atoms with van der Waals surface area (Å²) in [5.41, 5.74) is 0.637. The number of hydrogen-bond donors (Lipinski definition) is 1. The molecule has 0 aliphatic heterocycles. The smallest absolute Gasteiger partial charge is 0.237 e. The van der Waals surface area contributed by atoms with Crippen molar-refractivity contribution in [1.29, 1.82) is 0 Å². The highest BCUT2D eigenvalue weighted by Gasteiger charge is 2.42. The van der Waals surface area contributed by atoms with Gasteiger partial charge < -0.3 is 14.8 Å². The molecular formula is C15H25N3O2. The van der Waals surface area contributed by atoms with Crippen LogP contribution >= 0.6 is 0 Å². The van der Waals surface area contributed by atoms with E-state index in [0.717, 1.165) is 25.1 Å². The summed E-state index contributed by atoms with van der Waals surface area (Å²) in [5.74, 6) is 0.584.